The molecule has 0 aliphatic heterocycles. The van der Waals surface area contributed by atoms with Crippen LogP contribution in [-0.2, 0) is 0 Å². The second-order valence-electron chi connectivity index (χ2n) is 4.03. The van der Waals surface area contributed by atoms with Gasteiger partial charge in [0, 0.05) is 23.8 Å². The molecule has 1 aromatic heterocycles. The summed E-state index contributed by atoms with van der Waals surface area (Å²) in [4.78, 5) is 0. The Balaban J connectivity index is 0.000000246. The molecule has 0 atom stereocenters. The predicted molar refractivity (Wildman–Crippen MR) is 66.3 cm³/mol. The van der Waals surface area contributed by atoms with Crippen molar-refractivity contribution in [1.29, 1.82) is 0 Å². The first-order valence-electron chi connectivity index (χ1n) is 5.41. The van der Waals surface area contributed by atoms with Gasteiger partial charge in [0.15, 0.2) is 12.4 Å². The number of halogens is 6. The maximum absolute atomic E-state index is 10.7. The maximum atomic E-state index is 9.87. The minimum absolute atomic E-state index is 1.24. The average Bonchev–Trinajstić information content (AvgIpc) is 2.27. The number of rotatable bonds is 1. The van der Waals surface area contributed by atoms with E-state index in [2.05, 4.69) is 48.1 Å². The molecular weight excluding hydrogens is 303 g/mol. The van der Waals surface area contributed by atoms with Gasteiger partial charge in [0.2, 0.25) is 5.69 Å². The number of aromatic nitrogens is 1. The summed E-state index contributed by atoms with van der Waals surface area (Å²) in [6, 6.07) is 14.4. The number of pyridine rings is 1. The molecule has 1 nitrogen and oxygen atoms in total. The number of aryl methyl sites for hydroxylation is 1. The first kappa shape index (κ1) is 16.4. The van der Waals surface area contributed by atoms with E-state index in [1.165, 1.54) is 11.3 Å². The van der Waals surface area contributed by atoms with Gasteiger partial charge in [0.25, 0.3) is 0 Å². The van der Waals surface area contributed by atoms with Crippen molar-refractivity contribution in [2.24, 2.45) is 0 Å². The summed E-state index contributed by atoms with van der Waals surface area (Å²) in [5, 5.41) is 0. The molecule has 0 fully saturated rings. The van der Waals surface area contributed by atoms with Crippen molar-refractivity contribution in [2.75, 3.05) is 0 Å². The van der Waals surface area contributed by atoms with E-state index in [1.807, 2.05) is 18.2 Å². The topological polar surface area (TPSA) is 3.88 Å². The van der Waals surface area contributed by atoms with Crippen LogP contribution < -0.4 is 4.57 Å². The summed E-state index contributed by atoms with van der Waals surface area (Å²) >= 11 is 0. The normalized spacial score (nSPS) is 14.6. The third-order valence-corrected chi connectivity index (χ3v) is 2.11. The molecule has 0 aliphatic rings. The van der Waals surface area contributed by atoms with Gasteiger partial charge in [0.1, 0.15) is 0 Å². The van der Waals surface area contributed by atoms with E-state index >= 15 is 0 Å². The fourth-order valence-electron chi connectivity index (χ4n) is 1.41. The Morgan fingerprint density at radius 1 is 0.750 bits per heavy atom. The van der Waals surface area contributed by atoms with Crippen LogP contribution in [0.5, 0.6) is 0 Å². The van der Waals surface area contributed by atoms with Crippen LogP contribution in [0.15, 0.2) is 54.9 Å². The molecule has 0 unspecified atom stereocenters. The van der Waals surface area contributed by atoms with Crippen molar-refractivity contribution in [2.45, 2.75) is 6.92 Å². The standard InChI is InChI=1S/C12H12N.F6P/c1-11-7-3-4-8-12(11)13-9-5-2-6-10-13;1-7(2,3,4,5)6/h2-10H,1H3;/q+1;-1. The summed E-state index contributed by atoms with van der Waals surface area (Å²) in [6.45, 7) is 2.12. The van der Waals surface area contributed by atoms with Gasteiger partial charge in [-0.05, 0) is 6.92 Å². The summed E-state index contributed by atoms with van der Waals surface area (Å²) in [6.07, 6.45) is 4.12. The zero-order chi connectivity index (χ0) is 15.5. The van der Waals surface area contributed by atoms with E-state index in [4.69, 9.17) is 0 Å². The van der Waals surface area contributed by atoms with E-state index < -0.39 is 7.81 Å². The summed E-state index contributed by atoms with van der Waals surface area (Å²) in [7, 11) is -10.7. The molecule has 1 heterocycles. The van der Waals surface area contributed by atoms with Crippen molar-refractivity contribution < 1.29 is 29.7 Å². The SMILES string of the molecule is Cc1ccccc1-[n+]1ccccc1.F[P-](F)(F)(F)(F)F. The van der Waals surface area contributed by atoms with Gasteiger partial charge in [-0.25, -0.2) is 0 Å². The van der Waals surface area contributed by atoms with Crippen LogP contribution in [0.2, 0.25) is 0 Å². The van der Waals surface area contributed by atoms with Crippen molar-refractivity contribution >= 4 is 7.81 Å². The molecule has 2 rings (SSSR count). The Hall–Kier alpha value is -1.62. The van der Waals surface area contributed by atoms with Crippen LogP contribution in [-0.4, -0.2) is 0 Å². The van der Waals surface area contributed by atoms with Crippen LogP contribution in [0.25, 0.3) is 5.69 Å². The number of hydrogen-bond donors (Lipinski definition) is 0. The molecule has 2 aromatic rings. The van der Waals surface area contributed by atoms with E-state index in [9.17, 15) is 25.2 Å². The molecule has 0 radical (unpaired) electrons. The Morgan fingerprint density at radius 3 is 1.65 bits per heavy atom. The molecule has 0 aliphatic carbocycles. The van der Waals surface area contributed by atoms with Crippen LogP contribution >= 0.6 is 7.81 Å². The second-order valence-corrected chi connectivity index (χ2v) is 5.94. The molecule has 0 N–H and O–H groups in total. The summed E-state index contributed by atoms with van der Waals surface area (Å²) < 4.78 is 61.3. The van der Waals surface area contributed by atoms with Gasteiger partial charge >= 0.3 is 33.0 Å². The van der Waals surface area contributed by atoms with Gasteiger partial charge in [-0.15, -0.1) is 0 Å². The van der Waals surface area contributed by atoms with Crippen LogP contribution in [0, 0.1) is 6.92 Å². The first-order chi connectivity index (χ1) is 8.83. The van der Waals surface area contributed by atoms with Crippen LogP contribution in [0.1, 0.15) is 5.56 Å². The molecule has 1 aromatic carbocycles. The molecule has 20 heavy (non-hydrogen) atoms. The quantitative estimate of drug-likeness (QED) is 0.363. The summed E-state index contributed by atoms with van der Waals surface area (Å²) in [5.74, 6) is 0. The van der Waals surface area contributed by atoms with E-state index in [1.54, 1.807) is 0 Å². The third-order valence-electron chi connectivity index (χ3n) is 2.11. The number of benzene rings is 1. The van der Waals surface area contributed by atoms with Gasteiger partial charge in [-0.3, -0.25) is 0 Å². The van der Waals surface area contributed by atoms with E-state index in [0.29, 0.717) is 0 Å². The van der Waals surface area contributed by atoms with E-state index in [0.717, 1.165) is 0 Å². The Labute approximate surface area is 111 Å². The number of hydrogen-bond acceptors (Lipinski definition) is 0. The Bertz CT molecular complexity index is 568. The van der Waals surface area contributed by atoms with Crippen molar-refractivity contribution in [1.82, 2.24) is 0 Å². The molecule has 0 bridgehead atoms. The molecule has 0 spiro atoms. The molecule has 8 heteroatoms. The predicted octanol–water partition coefficient (Wildman–Crippen LogP) is 5.65. The minimum atomic E-state index is -10.7. The zero-order valence-corrected chi connectivity index (χ0v) is 11.3. The average molecular weight is 315 g/mol. The molecule has 112 valence electrons. The molecule has 0 saturated carbocycles. The Kier molecular flexibility index (Phi) is 3.89. The number of para-hydroxylation sites is 1. The molecular formula is C12H12F6NP. The monoisotopic (exact) mass is 315 g/mol. The zero-order valence-electron chi connectivity index (χ0n) is 10.4. The van der Waals surface area contributed by atoms with Crippen molar-refractivity contribution in [3.05, 3.63) is 60.4 Å². The second kappa shape index (κ2) is 4.74. The fourth-order valence-corrected chi connectivity index (χ4v) is 1.41. The van der Waals surface area contributed by atoms with E-state index in [-0.39, 0.29) is 0 Å². The van der Waals surface area contributed by atoms with Crippen LogP contribution in [0.4, 0.5) is 25.2 Å². The Morgan fingerprint density at radius 2 is 1.20 bits per heavy atom. The first-order valence-corrected chi connectivity index (χ1v) is 7.44. The van der Waals surface area contributed by atoms with Gasteiger partial charge < -0.3 is 0 Å². The van der Waals surface area contributed by atoms with Gasteiger partial charge in [-0.2, -0.15) is 4.57 Å². The van der Waals surface area contributed by atoms with Crippen molar-refractivity contribution in [3.8, 4) is 5.69 Å². The molecule has 0 amide bonds. The van der Waals surface area contributed by atoms with Gasteiger partial charge in [-0.1, -0.05) is 24.3 Å². The van der Waals surface area contributed by atoms with Crippen LogP contribution in [0.3, 0.4) is 0 Å². The fraction of sp³-hybridized carbons (Fsp3) is 0.0833. The number of nitrogens with zero attached hydrogens (tertiary/aromatic N) is 1. The molecule has 0 saturated heterocycles. The van der Waals surface area contributed by atoms with Gasteiger partial charge in [0.05, 0.1) is 0 Å². The van der Waals surface area contributed by atoms with Crippen molar-refractivity contribution in [3.63, 3.8) is 0 Å². The third kappa shape index (κ3) is 8.48. The summed E-state index contributed by atoms with van der Waals surface area (Å²) in [5.41, 5.74) is 2.53.